The van der Waals surface area contributed by atoms with Crippen molar-refractivity contribution < 1.29 is 31.9 Å². The first-order chi connectivity index (χ1) is 14.1. The van der Waals surface area contributed by atoms with Gasteiger partial charge < -0.3 is 10.1 Å². The zero-order chi connectivity index (χ0) is 21.9. The quantitative estimate of drug-likeness (QED) is 0.653. The van der Waals surface area contributed by atoms with Crippen molar-refractivity contribution in [2.24, 2.45) is 5.92 Å². The van der Waals surface area contributed by atoms with Crippen LogP contribution in [0.2, 0.25) is 0 Å². The Morgan fingerprint density at radius 1 is 1.23 bits per heavy atom. The Bertz CT molecular complexity index is 961. The standard InChI is InChI=1S/C19H18F4N4O3/c1-10-4-14(27-16(26-10)6-15(28)12-2-3-12)17(29)24-7-11-5-13(20)18(25-8-11)30-9-19(21,22)23/h4-5,8,12H,2-3,6-7,9H2,1H3,(H,24,29). The summed E-state index contributed by atoms with van der Waals surface area (Å²) in [6, 6.07) is 2.37. The van der Waals surface area contributed by atoms with E-state index in [0.717, 1.165) is 25.1 Å². The molecule has 1 saturated carbocycles. The number of amides is 1. The van der Waals surface area contributed by atoms with E-state index >= 15 is 0 Å². The lowest BCUT2D eigenvalue weighted by atomic mass is 10.2. The Kier molecular flexibility index (Phi) is 6.28. The molecule has 1 fully saturated rings. The summed E-state index contributed by atoms with van der Waals surface area (Å²) in [6.07, 6.45) is -1.73. The molecule has 2 aromatic heterocycles. The van der Waals surface area contributed by atoms with Crippen LogP contribution in [0.4, 0.5) is 17.6 Å². The van der Waals surface area contributed by atoms with Crippen molar-refractivity contribution in [1.29, 1.82) is 0 Å². The second-order valence-electron chi connectivity index (χ2n) is 6.95. The number of alkyl halides is 3. The van der Waals surface area contributed by atoms with Crippen molar-refractivity contribution in [2.75, 3.05) is 6.61 Å². The van der Waals surface area contributed by atoms with Crippen LogP contribution in [0.15, 0.2) is 18.3 Å². The van der Waals surface area contributed by atoms with Crippen molar-refractivity contribution in [3.05, 3.63) is 46.9 Å². The van der Waals surface area contributed by atoms with Crippen LogP contribution in [0, 0.1) is 18.7 Å². The zero-order valence-corrected chi connectivity index (χ0v) is 15.9. The minimum atomic E-state index is -4.61. The normalized spacial score (nSPS) is 13.8. The summed E-state index contributed by atoms with van der Waals surface area (Å²) in [6.45, 7) is -0.129. The monoisotopic (exact) mass is 426 g/mol. The van der Waals surface area contributed by atoms with Crippen molar-refractivity contribution in [3.63, 3.8) is 0 Å². The molecule has 1 aliphatic rings. The molecule has 0 aromatic carbocycles. The number of hydrogen-bond acceptors (Lipinski definition) is 6. The van der Waals surface area contributed by atoms with Gasteiger partial charge in [-0.3, -0.25) is 9.59 Å². The van der Waals surface area contributed by atoms with Crippen LogP contribution in [0.1, 0.15) is 40.4 Å². The largest absolute Gasteiger partial charge is 0.466 e. The molecule has 0 atom stereocenters. The number of Topliss-reactive ketones (excluding diaryl/α,β-unsaturated/α-hetero) is 1. The van der Waals surface area contributed by atoms with Crippen LogP contribution in [0.5, 0.6) is 5.88 Å². The van der Waals surface area contributed by atoms with Crippen LogP contribution in [-0.2, 0) is 17.8 Å². The number of aryl methyl sites for hydroxylation is 1. The van der Waals surface area contributed by atoms with Crippen molar-refractivity contribution in [2.45, 2.75) is 38.9 Å². The van der Waals surface area contributed by atoms with E-state index in [2.05, 4.69) is 25.0 Å². The van der Waals surface area contributed by atoms with Gasteiger partial charge in [-0.05, 0) is 37.5 Å². The van der Waals surface area contributed by atoms with Gasteiger partial charge in [-0.25, -0.2) is 19.3 Å². The molecule has 1 amide bonds. The fourth-order valence-corrected chi connectivity index (χ4v) is 2.62. The lowest BCUT2D eigenvalue weighted by Crippen LogP contribution is -2.25. The Labute approximate surface area is 168 Å². The number of nitrogens with one attached hydrogen (secondary N) is 1. The molecule has 0 aliphatic heterocycles. The summed E-state index contributed by atoms with van der Waals surface area (Å²) in [7, 11) is 0. The first-order valence-electron chi connectivity index (χ1n) is 9.10. The van der Waals surface area contributed by atoms with E-state index < -0.39 is 30.4 Å². The highest BCUT2D eigenvalue weighted by atomic mass is 19.4. The third kappa shape index (κ3) is 6.19. The first-order valence-corrected chi connectivity index (χ1v) is 9.10. The number of aromatic nitrogens is 3. The SMILES string of the molecule is Cc1cc(C(=O)NCc2cnc(OCC(F)(F)F)c(F)c2)nc(CC(=O)C2CC2)n1. The number of hydrogen-bond donors (Lipinski definition) is 1. The molecule has 0 radical (unpaired) electrons. The average molecular weight is 426 g/mol. The number of rotatable bonds is 8. The maximum Gasteiger partial charge on any atom is 0.422 e. The van der Waals surface area contributed by atoms with Crippen LogP contribution in [0.3, 0.4) is 0 Å². The van der Waals surface area contributed by atoms with Crippen molar-refractivity contribution >= 4 is 11.7 Å². The molecule has 0 spiro atoms. The van der Waals surface area contributed by atoms with Crippen LogP contribution < -0.4 is 10.1 Å². The Morgan fingerprint density at radius 3 is 2.60 bits per heavy atom. The third-order valence-corrected chi connectivity index (χ3v) is 4.19. The van der Waals surface area contributed by atoms with Gasteiger partial charge in [0.1, 0.15) is 17.3 Å². The van der Waals surface area contributed by atoms with Gasteiger partial charge in [0.2, 0.25) is 0 Å². The number of carbonyl (C=O) groups excluding carboxylic acids is 2. The van der Waals surface area contributed by atoms with Gasteiger partial charge >= 0.3 is 6.18 Å². The molecular formula is C19H18F4N4O3. The van der Waals surface area contributed by atoms with E-state index in [9.17, 15) is 27.2 Å². The number of pyridine rings is 1. The lowest BCUT2D eigenvalue weighted by Gasteiger charge is -2.10. The average Bonchev–Trinajstić information content (AvgIpc) is 3.49. The fourth-order valence-electron chi connectivity index (χ4n) is 2.62. The highest BCUT2D eigenvalue weighted by Gasteiger charge is 2.30. The van der Waals surface area contributed by atoms with E-state index in [4.69, 9.17) is 0 Å². The van der Waals surface area contributed by atoms with Gasteiger partial charge in [0.05, 0.1) is 6.42 Å². The van der Waals surface area contributed by atoms with Crippen LogP contribution in [0.25, 0.3) is 0 Å². The summed E-state index contributed by atoms with van der Waals surface area (Å²) in [4.78, 5) is 36.1. The first kappa shape index (κ1) is 21.6. The van der Waals surface area contributed by atoms with E-state index in [1.165, 1.54) is 6.07 Å². The van der Waals surface area contributed by atoms with Gasteiger partial charge in [-0.1, -0.05) is 0 Å². The summed E-state index contributed by atoms with van der Waals surface area (Å²) in [5.74, 6) is -2.07. The lowest BCUT2D eigenvalue weighted by molar-refractivity contribution is -0.154. The molecule has 1 aliphatic carbocycles. The summed E-state index contributed by atoms with van der Waals surface area (Å²) in [5.41, 5.74) is 0.794. The number of ether oxygens (including phenoxy) is 1. The van der Waals surface area contributed by atoms with E-state index in [1.807, 2.05) is 0 Å². The summed E-state index contributed by atoms with van der Waals surface area (Å²) < 4.78 is 54.6. The molecule has 30 heavy (non-hydrogen) atoms. The molecule has 1 N–H and O–H groups in total. The number of nitrogens with zero attached hydrogens (tertiary/aromatic N) is 3. The summed E-state index contributed by atoms with van der Waals surface area (Å²) >= 11 is 0. The Morgan fingerprint density at radius 2 is 1.97 bits per heavy atom. The second-order valence-corrected chi connectivity index (χ2v) is 6.95. The minimum Gasteiger partial charge on any atom is -0.466 e. The highest BCUT2D eigenvalue weighted by Crippen LogP contribution is 2.30. The van der Waals surface area contributed by atoms with Gasteiger partial charge in [0, 0.05) is 24.4 Å². The topological polar surface area (TPSA) is 94.1 Å². The predicted octanol–water partition coefficient (Wildman–Crippen LogP) is 2.71. The molecule has 0 unspecified atom stereocenters. The number of carbonyl (C=O) groups is 2. The number of halogens is 4. The van der Waals surface area contributed by atoms with E-state index in [0.29, 0.717) is 5.69 Å². The van der Waals surface area contributed by atoms with E-state index in [1.54, 1.807) is 6.92 Å². The Hall–Kier alpha value is -3.11. The number of ketones is 1. The molecule has 3 rings (SSSR count). The molecule has 160 valence electrons. The van der Waals surface area contributed by atoms with Gasteiger partial charge in [0.25, 0.3) is 11.8 Å². The molecule has 2 heterocycles. The maximum absolute atomic E-state index is 13.9. The third-order valence-electron chi connectivity index (χ3n) is 4.19. The molecule has 7 nitrogen and oxygen atoms in total. The molecule has 0 bridgehead atoms. The van der Waals surface area contributed by atoms with Crippen LogP contribution >= 0.6 is 0 Å². The van der Waals surface area contributed by atoms with Crippen LogP contribution in [-0.4, -0.2) is 39.4 Å². The summed E-state index contributed by atoms with van der Waals surface area (Å²) in [5, 5.41) is 2.52. The van der Waals surface area contributed by atoms with Crippen molar-refractivity contribution in [3.8, 4) is 5.88 Å². The second kappa shape index (κ2) is 8.72. The Balaban J connectivity index is 1.60. The minimum absolute atomic E-state index is 0.0429. The van der Waals surface area contributed by atoms with E-state index in [-0.39, 0.29) is 41.7 Å². The van der Waals surface area contributed by atoms with Gasteiger partial charge in [-0.2, -0.15) is 13.2 Å². The van der Waals surface area contributed by atoms with Gasteiger partial charge in [-0.15, -0.1) is 0 Å². The smallest absolute Gasteiger partial charge is 0.422 e. The van der Waals surface area contributed by atoms with Gasteiger partial charge in [0.15, 0.2) is 12.4 Å². The molecule has 0 saturated heterocycles. The predicted molar refractivity (Wildman–Crippen MR) is 95.1 cm³/mol. The molecule has 11 heteroatoms. The molecular weight excluding hydrogens is 408 g/mol. The fraction of sp³-hybridized carbons (Fsp3) is 0.421. The maximum atomic E-state index is 13.9. The van der Waals surface area contributed by atoms with Crippen molar-refractivity contribution in [1.82, 2.24) is 20.3 Å². The molecule has 2 aromatic rings. The highest BCUT2D eigenvalue weighted by molar-refractivity contribution is 5.92. The zero-order valence-electron chi connectivity index (χ0n) is 15.9.